The molecule has 0 aliphatic carbocycles. The van der Waals surface area contributed by atoms with Gasteiger partial charge in [0.15, 0.2) is 6.23 Å². The highest BCUT2D eigenvalue weighted by Crippen LogP contribution is 2.32. The molecular formula is C11H17N3O5. The van der Waals surface area contributed by atoms with Crippen molar-refractivity contribution in [3.8, 4) is 0 Å². The first-order valence-corrected chi connectivity index (χ1v) is 5.96. The van der Waals surface area contributed by atoms with E-state index < -0.39 is 35.6 Å². The minimum atomic E-state index is -1.02. The highest BCUT2D eigenvalue weighted by atomic mass is 16.5. The van der Waals surface area contributed by atoms with E-state index in [9.17, 15) is 19.8 Å². The van der Waals surface area contributed by atoms with Gasteiger partial charge in [-0.1, -0.05) is 0 Å². The number of hydrogen-bond donors (Lipinski definition) is 4. The van der Waals surface area contributed by atoms with E-state index in [1.165, 1.54) is 6.20 Å². The first-order valence-electron chi connectivity index (χ1n) is 5.96. The molecule has 0 saturated carbocycles. The zero-order chi connectivity index (χ0) is 14.2. The number of rotatable bonds is 3. The Morgan fingerprint density at radius 3 is 2.74 bits per heavy atom. The molecule has 1 saturated heterocycles. The monoisotopic (exact) mass is 271 g/mol. The third kappa shape index (κ3) is 2.35. The van der Waals surface area contributed by atoms with Gasteiger partial charge < -0.3 is 20.7 Å². The van der Waals surface area contributed by atoms with Crippen LogP contribution in [-0.4, -0.2) is 45.1 Å². The quantitative estimate of drug-likeness (QED) is 0.488. The van der Waals surface area contributed by atoms with Gasteiger partial charge in [-0.05, 0) is 6.92 Å². The molecule has 8 nitrogen and oxygen atoms in total. The molecule has 1 aliphatic heterocycles. The largest absolute Gasteiger partial charge is 0.394 e. The maximum absolute atomic E-state index is 11.7. The first-order chi connectivity index (χ1) is 8.99. The third-order valence-electron chi connectivity index (χ3n) is 3.39. The van der Waals surface area contributed by atoms with Gasteiger partial charge >= 0.3 is 5.69 Å². The molecule has 0 amide bonds. The molecule has 5 N–H and O–H groups in total. The van der Waals surface area contributed by atoms with E-state index in [4.69, 9.17) is 10.5 Å². The fourth-order valence-electron chi connectivity index (χ4n) is 2.27. The molecule has 19 heavy (non-hydrogen) atoms. The summed E-state index contributed by atoms with van der Waals surface area (Å²) < 4.78 is 6.56. The van der Waals surface area contributed by atoms with Crippen LogP contribution >= 0.6 is 0 Å². The summed E-state index contributed by atoms with van der Waals surface area (Å²) >= 11 is 0. The van der Waals surface area contributed by atoms with Crippen LogP contribution < -0.4 is 17.0 Å². The van der Waals surface area contributed by atoms with Gasteiger partial charge in [0, 0.05) is 24.2 Å². The Balaban J connectivity index is 2.41. The Bertz CT molecular complexity index is 566. The predicted octanol–water partition coefficient (Wildman–Crippen LogP) is -2.33. The minimum absolute atomic E-state index is 0.125. The molecule has 1 fully saturated rings. The Kier molecular flexibility index (Phi) is 3.85. The maximum Gasteiger partial charge on any atom is 0.330 e. The summed E-state index contributed by atoms with van der Waals surface area (Å²) in [6.07, 6.45) is -1.30. The molecule has 0 radical (unpaired) electrons. The molecular weight excluding hydrogens is 254 g/mol. The van der Waals surface area contributed by atoms with Gasteiger partial charge in [-0.15, -0.1) is 0 Å². The number of aliphatic hydroxyl groups excluding tert-OH is 2. The van der Waals surface area contributed by atoms with Crippen molar-refractivity contribution in [2.75, 3.05) is 13.2 Å². The van der Waals surface area contributed by atoms with Gasteiger partial charge in [0.25, 0.3) is 5.56 Å². The fraction of sp³-hybridized carbons (Fsp3) is 0.636. The van der Waals surface area contributed by atoms with Crippen molar-refractivity contribution < 1.29 is 14.9 Å². The molecule has 8 heteroatoms. The summed E-state index contributed by atoms with van der Waals surface area (Å²) in [7, 11) is 0. The second kappa shape index (κ2) is 5.25. The van der Waals surface area contributed by atoms with E-state index in [0.717, 1.165) is 4.57 Å². The summed E-state index contributed by atoms with van der Waals surface area (Å²) in [4.78, 5) is 25.2. The van der Waals surface area contributed by atoms with Crippen molar-refractivity contribution in [1.29, 1.82) is 0 Å². The Hall–Kier alpha value is -1.48. The number of aromatic nitrogens is 2. The third-order valence-corrected chi connectivity index (χ3v) is 3.39. The van der Waals surface area contributed by atoms with Crippen LogP contribution in [0.4, 0.5) is 0 Å². The second-order valence-electron chi connectivity index (χ2n) is 4.62. The fourth-order valence-corrected chi connectivity index (χ4v) is 2.27. The molecule has 2 rings (SSSR count). The van der Waals surface area contributed by atoms with Crippen molar-refractivity contribution in [2.45, 2.75) is 25.4 Å². The number of nitrogens with zero attached hydrogens (tertiary/aromatic N) is 1. The zero-order valence-electron chi connectivity index (χ0n) is 10.4. The van der Waals surface area contributed by atoms with Gasteiger partial charge in [0.1, 0.15) is 6.10 Å². The van der Waals surface area contributed by atoms with Gasteiger partial charge in [0.05, 0.1) is 12.7 Å². The van der Waals surface area contributed by atoms with Gasteiger partial charge in [-0.25, -0.2) is 4.79 Å². The lowest BCUT2D eigenvalue weighted by molar-refractivity contribution is -0.0536. The van der Waals surface area contributed by atoms with E-state index in [0.29, 0.717) is 5.56 Å². The van der Waals surface area contributed by atoms with Crippen molar-refractivity contribution in [1.82, 2.24) is 9.55 Å². The Morgan fingerprint density at radius 1 is 1.53 bits per heavy atom. The average Bonchev–Trinajstić information content (AvgIpc) is 2.70. The molecule has 1 aromatic rings. The van der Waals surface area contributed by atoms with Crippen LogP contribution in [0.1, 0.15) is 11.8 Å². The molecule has 2 heterocycles. The van der Waals surface area contributed by atoms with Crippen LogP contribution in [0.2, 0.25) is 0 Å². The van der Waals surface area contributed by atoms with Crippen LogP contribution in [0, 0.1) is 12.8 Å². The van der Waals surface area contributed by atoms with E-state index in [2.05, 4.69) is 4.98 Å². The first kappa shape index (κ1) is 13.9. The van der Waals surface area contributed by atoms with Crippen LogP contribution in [-0.2, 0) is 4.74 Å². The standard InChI is InChI=1S/C11H17N3O5/c1-5-3-14(11(18)13-9(5)17)10-8(16)6(2-12)7(4-15)19-10/h3,6-8,10,15-16H,2,4,12H2,1H3,(H,13,17,18)/t6?,7-,8-,10-/m1/s1. The summed E-state index contributed by atoms with van der Waals surface area (Å²) in [5, 5.41) is 19.3. The zero-order valence-corrected chi connectivity index (χ0v) is 10.4. The predicted molar refractivity (Wildman–Crippen MR) is 65.6 cm³/mol. The average molecular weight is 271 g/mol. The molecule has 106 valence electrons. The van der Waals surface area contributed by atoms with Crippen LogP contribution in [0.15, 0.2) is 15.8 Å². The number of aliphatic hydroxyl groups is 2. The van der Waals surface area contributed by atoms with E-state index >= 15 is 0 Å². The summed E-state index contributed by atoms with van der Waals surface area (Å²) in [5.41, 5.74) is 4.70. The lowest BCUT2D eigenvalue weighted by Gasteiger charge is -2.18. The molecule has 1 aliphatic rings. The van der Waals surface area contributed by atoms with Crippen molar-refractivity contribution in [3.05, 3.63) is 32.6 Å². The second-order valence-corrected chi connectivity index (χ2v) is 4.62. The van der Waals surface area contributed by atoms with Gasteiger partial charge in [-0.3, -0.25) is 14.3 Å². The summed E-state index contributed by atoms with van der Waals surface area (Å²) in [6.45, 7) is 1.37. The van der Waals surface area contributed by atoms with Crippen LogP contribution in [0.25, 0.3) is 0 Å². The van der Waals surface area contributed by atoms with Crippen molar-refractivity contribution in [3.63, 3.8) is 0 Å². The minimum Gasteiger partial charge on any atom is -0.394 e. The van der Waals surface area contributed by atoms with Crippen molar-refractivity contribution in [2.24, 2.45) is 11.7 Å². The Morgan fingerprint density at radius 2 is 2.21 bits per heavy atom. The van der Waals surface area contributed by atoms with E-state index in [-0.39, 0.29) is 13.2 Å². The molecule has 1 aromatic heterocycles. The summed E-state index contributed by atoms with van der Waals surface area (Å²) in [5.74, 6) is -0.464. The Labute approximate surface area is 108 Å². The highest BCUT2D eigenvalue weighted by Gasteiger charge is 2.43. The normalized spacial score (nSPS) is 30.7. The number of nitrogens with one attached hydrogen (secondary N) is 1. The van der Waals surface area contributed by atoms with Gasteiger partial charge in [0.2, 0.25) is 0 Å². The smallest absolute Gasteiger partial charge is 0.330 e. The molecule has 0 aromatic carbocycles. The van der Waals surface area contributed by atoms with Crippen LogP contribution in [0.5, 0.6) is 0 Å². The lowest BCUT2D eigenvalue weighted by Crippen LogP contribution is -2.38. The molecule has 0 bridgehead atoms. The summed E-state index contributed by atoms with van der Waals surface area (Å²) in [6, 6.07) is 0. The van der Waals surface area contributed by atoms with Crippen LogP contribution in [0.3, 0.4) is 0 Å². The number of nitrogens with two attached hydrogens (primary N) is 1. The van der Waals surface area contributed by atoms with Gasteiger partial charge in [-0.2, -0.15) is 0 Å². The number of aryl methyl sites for hydroxylation is 1. The number of ether oxygens (including phenoxy) is 1. The lowest BCUT2D eigenvalue weighted by atomic mass is 9.98. The molecule has 1 unspecified atom stereocenters. The number of H-pyrrole nitrogens is 1. The number of hydrogen-bond acceptors (Lipinski definition) is 6. The van der Waals surface area contributed by atoms with Crippen molar-refractivity contribution >= 4 is 0 Å². The van der Waals surface area contributed by atoms with E-state index in [1.807, 2.05) is 0 Å². The highest BCUT2D eigenvalue weighted by molar-refractivity contribution is 5.03. The number of aromatic amines is 1. The maximum atomic E-state index is 11.7. The topological polar surface area (TPSA) is 131 Å². The molecule has 4 atom stereocenters. The molecule has 0 spiro atoms. The SMILES string of the molecule is Cc1cn([C@@H]2O[C@H](CO)C(CN)[C@H]2O)c(=O)[nH]c1=O. The van der Waals surface area contributed by atoms with E-state index in [1.54, 1.807) is 6.92 Å².